The number of aromatic nitrogens is 2. The topological polar surface area (TPSA) is 122 Å². The van der Waals surface area contributed by atoms with Crippen molar-refractivity contribution in [3.8, 4) is 11.3 Å². The van der Waals surface area contributed by atoms with E-state index in [0.29, 0.717) is 12.2 Å². The molecule has 3 aromatic rings. The first-order valence-corrected chi connectivity index (χ1v) is 11.7. The number of anilines is 1. The number of allylic oxidation sites excluding steroid dienone is 1. The molecule has 0 aliphatic rings. The molecule has 166 valence electrons. The molecule has 0 bridgehead atoms. The summed E-state index contributed by atoms with van der Waals surface area (Å²) in [5.74, 6) is -0.0544. The molecule has 0 spiro atoms. The van der Waals surface area contributed by atoms with E-state index >= 15 is 0 Å². The molecule has 0 aliphatic carbocycles. The monoisotopic (exact) mass is 450 g/mol. The number of nitrogens with one attached hydrogen (secondary N) is 2. The Bertz CT molecular complexity index is 1180. The second-order valence-electron chi connectivity index (χ2n) is 6.90. The Kier molecular flexibility index (Phi) is 8.07. The van der Waals surface area contributed by atoms with Crippen LogP contribution in [0.15, 0.2) is 78.2 Å². The first-order valence-electron chi connectivity index (χ1n) is 10.0. The van der Waals surface area contributed by atoms with Gasteiger partial charge in [-0.05, 0) is 49.0 Å². The molecule has 1 aromatic carbocycles. The van der Waals surface area contributed by atoms with Crippen LogP contribution in [0.3, 0.4) is 0 Å². The zero-order chi connectivity index (χ0) is 22.8. The molecular weight excluding hydrogens is 424 g/mol. The van der Waals surface area contributed by atoms with Crippen molar-refractivity contribution < 1.29 is 8.42 Å². The number of aliphatic imine (C=N–C) groups is 1. The Morgan fingerprint density at radius 2 is 2.03 bits per heavy atom. The van der Waals surface area contributed by atoms with Gasteiger partial charge >= 0.3 is 0 Å². The predicted molar refractivity (Wildman–Crippen MR) is 130 cm³/mol. The van der Waals surface area contributed by atoms with Gasteiger partial charge in [0.25, 0.3) is 0 Å². The van der Waals surface area contributed by atoms with Gasteiger partial charge in [-0.2, -0.15) is 0 Å². The number of pyridine rings is 2. The smallest absolute Gasteiger partial charge is 0.213 e. The molecule has 0 atom stereocenters. The number of sulfonamides is 1. The fourth-order valence-corrected chi connectivity index (χ4v) is 3.50. The van der Waals surface area contributed by atoms with Gasteiger partial charge in [0.1, 0.15) is 0 Å². The van der Waals surface area contributed by atoms with Crippen molar-refractivity contribution in [2.45, 2.75) is 6.54 Å². The summed E-state index contributed by atoms with van der Waals surface area (Å²) in [5, 5.41) is 3.17. The zero-order valence-corrected chi connectivity index (χ0v) is 18.6. The SMILES string of the molecule is CNS(=O)(=O)CCNc1ccc(-c2ccccn2)cc1C(N)=CC=NCc1cccnc1. The maximum atomic E-state index is 11.7. The lowest BCUT2D eigenvalue weighted by Crippen LogP contribution is -2.26. The minimum Gasteiger partial charge on any atom is -0.398 e. The lowest BCUT2D eigenvalue weighted by Gasteiger charge is -2.14. The van der Waals surface area contributed by atoms with Gasteiger partial charge in [0.15, 0.2) is 0 Å². The minimum atomic E-state index is -3.31. The molecule has 32 heavy (non-hydrogen) atoms. The van der Waals surface area contributed by atoms with Gasteiger partial charge in [0.05, 0.1) is 18.0 Å². The van der Waals surface area contributed by atoms with Gasteiger partial charge in [-0.15, -0.1) is 0 Å². The molecule has 0 fully saturated rings. The summed E-state index contributed by atoms with van der Waals surface area (Å²) in [6, 6.07) is 15.2. The van der Waals surface area contributed by atoms with Crippen LogP contribution in [-0.2, 0) is 16.6 Å². The van der Waals surface area contributed by atoms with Crippen molar-refractivity contribution in [2.24, 2.45) is 10.7 Å². The average Bonchev–Trinajstić information content (AvgIpc) is 2.83. The normalized spacial score (nSPS) is 12.2. The summed E-state index contributed by atoms with van der Waals surface area (Å²) in [5.41, 5.74) is 11.1. The fraction of sp³-hybridized carbons (Fsp3) is 0.174. The number of rotatable bonds is 10. The Balaban J connectivity index is 1.83. The predicted octanol–water partition coefficient (Wildman–Crippen LogP) is 2.68. The van der Waals surface area contributed by atoms with E-state index in [1.165, 1.54) is 7.05 Å². The standard InChI is InChI=1S/C23H26N6O2S/c1-25-32(30,31)14-13-29-23-8-7-19(22-6-2-3-11-28-22)15-20(23)21(24)9-12-27-17-18-5-4-10-26-16-18/h2-12,15-16,25,29H,13-14,17,24H2,1H3. The van der Waals surface area contributed by atoms with Crippen LogP contribution >= 0.6 is 0 Å². The van der Waals surface area contributed by atoms with Crippen LogP contribution in [0.5, 0.6) is 0 Å². The number of benzene rings is 1. The third-order valence-electron chi connectivity index (χ3n) is 4.64. The highest BCUT2D eigenvalue weighted by Crippen LogP contribution is 2.27. The summed E-state index contributed by atoms with van der Waals surface area (Å²) in [7, 11) is -1.92. The maximum Gasteiger partial charge on any atom is 0.213 e. The van der Waals surface area contributed by atoms with Gasteiger partial charge in [0, 0.05) is 53.9 Å². The summed E-state index contributed by atoms with van der Waals surface area (Å²) in [6.45, 7) is 0.736. The van der Waals surface area contributed by atoms with E-state index < -0.39 is 10.0 Å². The molecule has 2 aromatic heterocycles. The second kappa shape index (κ2) is 11.2. The van der Waals surface area contributed by atoms with E-state index in [0.717, 1.165) is 28.1 Å². The average molecular weight is 451 g/mol. The third-order valence-corrected chi connectivity index (χ3v) is 6.01. The lowest BCUT2D eigenvalue weighted by molar-refractivity contribution is 0.588. The Labute approximate surface area is 188 Å². The van der Waals surface area contributed by atoms with Gasteiger partial charge < -0.3 is 11.1 Å². The van der Waals surface area contributed by atoms with Crippen molar-refractivity contribution in [1.29, 1.82) is 0 Å². The molecule has 0 saturated carbocycles. The first kappa shape index (κ1) is 23.1. The Morgan fingerprint density at radius 3 is 2.75 bits per heavy atom. The number of nitrogens with zero attached hydrogens (tertiary/aromatic N) is 3. The second-order valence-corrected chi connectivity index (χ2v) is 8.94. The molecule has 0 aliphatic heterocycles. The van der Waals surface area contributed by atoms with E-state index in [2.05, 4.69) is 25.0 Å². The Morgan fingerprint density at radius 1 is 1.16 bits per heavy atom. The van der Waals surface area contributed by atoms with E-state index in [1.807, 2.05) is 48.5 Å². The van der Waals surface area contributed by atoms with Gasteiger partial charge in [0.2, 0.25) is 10.0 Å². The van der Waals surface area contributed by atoms with Gasteiger partial charge in [-0.3, -0.25) is 15.0 Å². The molecular formula is C23H26N6O2S. The number of nitrogens with two attached hydrogens (primary N) is 1. The van der Waals surface area contributed by atoms with Crippen LogP contribution < -0.4 is 15.8 Å². The zero-order valence-electron chi connectivity index (χ0n) is 17.8. The largest absolute Gasteiger partial charge is 0.398 e. The number of hydrogen-bond acceptors (Lipinski definition) is 7. The van der Waals surface area contributed by atoms with Crippen molar-refractivity contribution >= 4 is 27.6 Å². The van der Waals surface area contributed by atoms with E-state index in [1.54, 1.807) is 30.9 Å². The summed E-state index contributed by atoms with van der Waals surface area (Å²) in [6.07, 6.45) is 8.60. The Hall–Kier alpha value is -3.56. The van der Waals surface area contributed by atoms with Crippen LogP contribution in [0.25, 0.3) is 17.0 Å². The molecule has 2 heterocycles. The van der Waals surface area contributed by atoms with Crippen molar-refractivity contribution in [3.63, 3.8) is 0 Å². The summed E-state index contributed by atoms with van der Waals surface area (Å²) >= 11 is 0. The van der Waals surface area contributed by atoms with Gasteiger partial charge in [-0.1, -0.05) is 18.2 Å². The molecule has 0 saturated heterocycles. The molecule has 8 nitrogen and oxygen atoms in total. The summed E-state index contributed by atoms with van der Waals surface area (Å²) in [4.78, 5) is 12.8. The number of hydrogen-bond donors (Lipinski definition) is 3. The van der Waals surface area contributed by atoms with E-state index in [-0.39, 0.29) is 12.3 Å². The fourth-order valence-electron chi connectivity index (χ4n) is 2.92. The highest BCUT2D eigenvalue weighted by molar-refractivity contribution is 7.89. The van der Waals surface area contributed by atoms with E-state index in [4.69, 9.17) is 5.73 Å². The van der Waals surface area contributed by atoms with Gasteiger partial charge in [-0.25, -0.2) is 13.1 Å². The molecule has 3 rings (SSSR count). The lowest BCUT2D eigenvalue weighted by atomic mass is 10.0. The molecule has 0 amide bonds. The van der Waals surface area contributed by atoms with E-state index in [9.17, 15) is 8.42 Å². The molecule has 4 N–H and O–H groups in total. The maximum absolute atomic E-state index is 11.7. The van der Waals surface area contributed by atoms with Crippen molar-refractivity contribution in [3.05, 3.63) is 84.3 Å². The van der Waals surface area contributed by atoms with Crippen LogP contribution in [0.2, 0.25) is 0 Å². The molecule has 0 unspecified atom stereocenters. The third kappa shape index (κ3) is 6.73. The highest BCUT2D eigenvalue weighted by Gasteiger charge is 2.11. The van der Waals surface area contributed by atoms with Crippen LogP contribution in [0.1, 0.15) is 11.1 Å². The van der Waals surface area contributed by atoms with Crippen LogP contribution in [-0.4, -0.2) is 43.9 Å². The van der Waals surface area contributed by atoms with Crippen LogP contribution in [0, 0.1) is 0 Å². The van der Waals surface area contributed by atoms with Crippen molar-refractivity contribution in [2.75, 3.05) is 24.7 Å². The van der Waals surface area contributed by atoms with Crippen LogP contribution in [0.4, 0.5) is 5.69 Å². The van der Waals surface area contributed by atoms with Crippen molar-refractivity contribution in [1.82, 2.24) is 14.7 Å². The summed E-state index contributed by atoms with van der Waals surface area (Å²) < 4.78 is 25.8. The first-order chi connectivity index (χ1) is 15.5. The quantitative estimate of drug-likeness (QED) is 0.408. The molecule has 0 radical (unpaired) electrons. The highest BCUT2D eigenvalue weighted by atomic mass is 32.2. The molecule has 9 heteroatoms. The minimum absolute atomic E-state index is 0.0544.